The first-order chi connectivity index (χ1) is 12.3. The maximum atomic E-state index is 13.0. The summed E-state index contributed by atoms with van der Waals surface area (Å²) in [6.45, 7) is 1.29. The zero-order valence-electron chi connectivity index (χ0n) is 14.5. The second kappa shape index (κ2) is 8.16. The lowest BCUT2D eigenvalue weighted by atomic mass is 10.1. The number of sulfone groups is 1. The van der Waals surface area contributed by atoms with Crippen LogP contribution in [0.5, 0.6) is 5.75 Å². The molecule has 2 rings (SSSR count). The fourth-order valence-corrected chi connectivity index (χ4v) is 4.06. The smallest absolute Gasteiger partial charge is 0.265 e. The van der Waals surface area contributed by atoms with Gasteiger partial charge in [0, 0.05) is 0 Å². The Labute approximate surface area is 153 Å². The molecule has 138 valence electrons. The van der Waals surface area contributed by atoms with Crippen LogP contribution in [0.15, 0.2) is 65.6 Å². The molecule has 0 heterocycles. The largest absolute Gasteiger partial charge is 0.497 e. The van der Waals surface area contributed by atoms with E-state index in [0.717, 1.165) is 5.56 Å². The Morgan fingerprint density at radius 2 is 1.77 bits per heavy atom. The maximum Gasteiger partial charge on any atom is 0.265 e. The molecule has 0 aliphatic carbocycles. The molecule has 0 aliphatic heterocycles. The third kappa shape index (κ3) is 3.95. The zero-order chi connectivity index (χ0) is 19.2. The molecule has 1 unspecified atom stereocenters. The van der Waals surface area contributed by atoms with Gasteiger partial charge in [-0.2, -0.15) is 0 Å². The minimum atomic E-state index is -4.07. The fourth-order valence-electron chi connectivity index (χ4n) is 2.44. The summed E-state index contributed by atoms with van der Waals surface area (Å²) in [6, 6.07) is 15.1. The Balaban J connectivity index is 2.37. The molecule has 0 aliphatic rings. The van der Waals surface area contributed by atoms with Crippen molar-refractivity contribution >= 4 is 21.8 Å². The molecule has 0 fully saturated rings. The highest BCUT2D eigenvalue weighted by atomic mass is 32.2. The van der Waals surface area contributed by atoms with Gasteiger partial charge < -0.3 is 4.74 Å². The lowest BCUT2D eigenvalue weighted by molar-refractivity contribution is -0.131. The predicted octanol–water partition coefficient (Wildman–Crippen LogP) is 2.84. The Kier molecular flexibility index (Phi) is 6.18. The standard InChI is InChI=1S/C19H21NO5S/c1-19(18(21)20-22,14-6-9-15-7-4-3-5-8-15)26(23,24)17-12-10-16(25-2)11-13-17/h3-13,22H,14H2,1-2H3,(H,20,21)/b9-6-. The Hall–Kier alpha value is -2.64. The molecular weight excluding hydrogens is 354 g/mol. The van der Waals surface area contributed by atoms with E-state index in [1.807, 2.05) is 30.3 Å². The molecule has 0 saturated carbocycles. The third-order valence-electron chi connectivity index (χ3n) is 4.16. The van der Waals surface area contributed by atoms with Gasteiger partial charge in [0.25, 0.3) is 5.91 Å². The Bertz CT molecular complexity index is 876. The first-order valence-electron chi connectivity index (χ1n) is 7.90. The topological polar surface area (TPSA) is 92.7 Å². The van der Waals surface area contributed by atoms with Crippen molar-refractivity contribution in [3.05, 3.63) is 66.2 Å². The monoisotopic (exact) mass is 375 g/mol. The number of carbonyl (C=O) groups is 1. The molecule has 2 aromatic carbocycles. The van der Waals surface area contributed by atoms with Gasteiger partial charge in [0.15, 0.2) is 14.6 Å². The first kappa shape index (κ1) is 19.7. The van der Waals surface area contributed by atoms with Crippen LogP contribution in [-0.4, -0.2) is 31.4 Å². The highest BCUT2D eigenvalue weighted by Gasteiger charge is 2.46. The number of allylic oxidation sites excluding steroid dienone is 1. The van der Waals surface area contributed by atoms with Gasteiger partial charge in [-0.25, -0.2) is 13.9 Å². The summed E-state index contributed by atoms with van der Waals surface area (Å²) >= 11 is 0. The van der Waals surface area contributed by atoms with Crippen molar-refractivity contribution in [2.45, 2.75) is 23.0 Å². The number of hydroxylamine groups is 1. The predicted molar refractivity (Wildman–Crippen MR) is 98.6 cm³/mol. The molecule has 0 bridgehead atoms. The van der Waals surface area contributed by atoms with E-state index in [2.05, 4.69) is 0 Å². The van der Waals surface area contributed by atoms with Crippen molar-refractivity contribution in [3.8, 4) is 5.75 Å². The van der Waals surface area contributed by atoms with Crippen LogP contribution in [0.1, 0.15) is 18.9 Å². The van der Waals surface area contributed by atoms with Gasteiger partial charge in [-0.3, -0.25) is 10.0 Å². The molecule has 0 spiro atoms. The number of carbonyl (C=O) groups excluding carboxylic acids is 1. The van der Waals surface area contributed by atoms with Crippen LogP contribution < -0.4 is 10.2 Å². The van der Waals surface area contributed by atoms with E-state index in [1.54, 1.807) is 12.2 Å². The molecule has 0 saturated heterocycles. The molecule has 26 heavy (non-hydrogen) atoms. The van der Waals surface area contributed by atoms with Crippen LogP contribution in [0.3, 0.4) is 0 Å². The van der Waals surface area contributed by atoms with Gasteiger partial charge in [-0.1, -0.05) is 42.5 Å². The average molecular weight is 375 g/mol. The Morgan fingerprint density at radius 1 is 1.15 bits per heavy atom. The molecule has 2 N–H and O–H groups in total. The number of methoxy groups -OCH3 is 1. The minimum absolute atomic E-state index is 0.0301. The lowest BCUT2D eigenvalue weighted by Crippen LogP contribution is -2.49. The van der Waals surface area contributed by atoms with E-state index in [0.29, 0.717) is 5.75 Å². The van der Waals surface area contributed by atoms with Gasteiger partial charge in [0.1, 0.15) is 5.75 Å². The SMILES string of the molecule is COc1ccc(S(=O)(=O)C(C)(C/C=C\c2ccccc2)C(=O)NO)cc1. The summed E-state index contributed by atoms with van der Waals surface area (Å²) in [6.07, 6.45) is 3.22. The molecule has 1 atom stereocenters. The summed E-state index contributed by atoms with van der Waals surface area (Å²) in [5.41, 5.74) is 2.35. The van der Waals surface area contributed by atoms with Crippen LogP contribution in [0.25, 0.3) is 6.08 Å². The highest BCUT2D eigenvalue weighted by molar-refractivity contribution is 7.93. The average Bonchev–Trinajstić information content (AvgIpc) is 2.67. The minimum Gasteiger partial charge on any atom is -0.497 e. The van der Waals surface area contributed by atoms with Gasteiger partial charge in [0.2, 0.25) is 0 Å². The fraction of sp³-hybridized carbons (Fsp3) is 0.211. The maximum absolute atomic E-state index is 13.0. The number of hydrogen-bond donors (Lipinski definition) is 2. The van der Waals surface area contributed by atoms with Crippen molar-refractivity contribution in [2.24, 2.45) is 0 Å². The number of ether oxygens (including phenoxy) is 1. The van der Waals surface area contributed by atoms with Crippen LogP contribution in [0, 0.1) is 0 Å². The quantitative estimate of drug-likeness (QED) is 0.573. The normalized spacial score (nSPS) is 14.0. The van der Waals surface area contributed by atoms with Crippen molar-refractivity contribution in [3.63, 3.8) is 0 Å². The van der Waals surface area contributed by atoms with E-state index in [9.17, 15) is 13.2 Å². The zero-order valence-corrected chi connectivity index (χ0v) is 15.4. The van der Waals surface area contributed by atoms with Gasteiger partial charge in [-0.15, -0.1) is 0 Å². The molecule has 0 radical (unpaired) electrons. The van der Waals surface area contributed by atoms with E-state index in [-0.39, 0.29) is 11.3 Å². The van der Waals surface area contributed by atoms with Crippen molar-refractivity contribution in [1.29, 1.82) is 0 Å². The lowest BCUT2D eigenvalue weighted by Gasteiger charge is -2.26. The molecular formula is C19H21NO5S. The summed E-state index contributed by atoms with van der Waals surface area (Å²) in [5.74, 6) is -0.493. The summed E-state index contributed by atoms with van der Waals surface area (Å²) < 4.78 is 29.3. The van der Waals surface area contributed by atoms with Crippen LogP contribution in [0.4, 0.5) is 0 Å². The van der Waals surface area contributed by atoms with E-state index >= 15 is 0 Å². The van der Waals surface area contributed by atoms with Crippen molar-refractivity contribution in [1.82, 2.24) is 5.48 Å². The second-order valence-corrected chi connectivity index (χ2v) is 8.25. The van der Waals surface area contributed by atoms with E-state index in [1.165, 1.54) is 43.8 Å². The second-order valence-electron chi connectivity index (χ2n) is 5.87. The number of hydrogen-bond acceptors (Lipinski definition) is 5. The van der Waals surface area contributed by atoms with Crippen molar-refractivity contribution in [2.75, 3.05) is 7.11 Å². The van der Waals surface area contributed by atoms with Crippen molar-refractivity contribution < 1.29 is 23.2 Å². The number of amides is 1. The number of nitrogens with one attached hydrogen (secondary N) is 1. The summed E-state index contributed by atoms with van der Waals surface area (Å²) in [4.78, 5) is 12.2. The van der Waals surface area contributed by atoms with Crippen LogP contribution in [-0.2, 0) is 14.6 Å². The Morgan fingerprint density at radius 3 is 2.31 bits per heavy atom. The van der Waals surface area contributed by atoms with Gasteiger partial charge in [-0.05, 0) is 43.2 Å². The van der Waals surface area contributed by atoms with E-state index in [4.69, 9.17) is 9.94 Å². The molecule has 2 aromatic rings. The molecule has 7 heteroatoms. The molecule has 1 amide bonds. The number of rotatable bonds is 7. The summed E-state index contributed by atoms with van der Waals surface area (Å²) in [7, 11) is -2.60. The van der Waals surface area contributed by atoms with Crippen LogP contribution >= 0.6 is 0 Å². The van der Waals surface area contributed by atoms with Gasteiger partial charge >= 0.3 is 0 Å². The molecule has 0 aromatic heterocycles. The van der Waals surface area contributed by atoms with E-state index < -0.39 is 20.5 Å². The van der Waals surface area contributed by atoms with Crippen LogP contribution in [0.2, 0.25) is 0 Å². The third-order valence-corrected chi connectivity index (χ3v) is 6.59. The highest BCUT2D eigenvalue weighted by Crippen LogP contribution is 2.31. The summed E-state index contributed by atoms with van der Waals surface area (Å²) in [5, 5.41) is 9.07. The van der Waals surface area contributed by atoms with Gasteiger partial charge in [0.05, 0.1) is 12.0 Å². The first-order valence-corrected chi connectivity index (χ1v) is 9.38. The number of benzene rings is 2. The molecule has 6 nitrogen and oxygen atoms in total.